The molecule has 0 bridgehead atoms. The summed E-state index contributed by atoms with van der Waals surface area (Å²) in [4.78, 5) is 11.8. The Balaban J connectivity index is 2.72. The van der Waals surface area contributed by atoms with Gasteiger partial charge in [0.05, 0.1) is 0 Å². The number of nitrogens with one attached hydrogen (secondary N) is 1. The number of carbonyl (C=O) groups is 1. The lowest BCUT2D eigenvalue weighted by Gasteiger charge is -2.17. The van der Waals surface area contributed by atoms with E-state index in [9.17, 15) is 4.79 Å². The Morgan fingerprint density at radius 1 is 1.39 bits per heavy atom. The van der Waals surface area contributed by atoms with E-state index in [-0.39, 0.29) is 5.91 Å². The number of hydrogen-bond acceptors (Lipinski definition) is 2. The highest BCUT2D eigenvalue weighted by atomic mass is 16.5. The normalized spacial score (nSPS) is 11.7. The third-order valence-corrected chi connectivity index (χ3v) is 2.56. The molecule has 0 fully saturated rings. The Morgan fingerprint density at radius 2 is 2.00 bits per heavy atom. The molecule has 0 aromatic heterocycles. The Hall–Kier alpha value is -1.77. The summed E-state index contributed by atoms with van der Waals surface area (Å²) in [6, 6.07) is 5.96. The van der Waals surface area contributed by atoms with Crippen LogP contribution in [-0.4, -0.2) is 18.6 Å². The largest absolute Gasteiger partial charge is 0.481 e. The number of benzene rings is 1. The number of aryl methyl sites for hydroxylation is 2. The van der Waals surface area contributed by atoms with E-state index in [1.165, 1.54) is 0 Å². The highest BCUT2D eigenvalue weighted by molar-refractivity contribution is 5.81. The zero-order chi connectivity index (χ0) is 13.5. The zero-order valence-corrected chi connectivity index (χ0v) is 11.3. The molecule has 1 rings (SSSR count). The van der Waals surface area contributed by atoms with Gasteiger partial charge in [-0.15, -0.1) is 6.58 Å². The molecular weight excluding hydrogens is 226 g/mol. The lowest BCUT2D eigenvalue weighted by atomic mass is 10.1. The van der Waals surface area contributed by atoms with Gasteiger partial charge in [-0.2, -0.15) is 0 Å². The summed E-state index contributed by atoms with van der Waals surface area (Å²) in [5.74, 6) is 0.643. The second-order valence-corrected chi connectivity index (χ2v) is 4.37. The van der Waals surface area contributed by atoms with Gasteiger partial charge in [0.15, 0.2) is 6.10 Å². The Kier molecular flexibility index (Phi) is 5.43. The SMILES string of the molecule is C=CCNC(=O)C(CC)Oc1cc(C)cc(C)c1. The monoisotopic (exact) mass is 247 g/mol. The fourth-order valence-electron chi connectivity index (χ4n) is 1.77. The highest BCUT2D eigenvalue weighted by Crippen LogP contribution is 2.18. The molecule has 1 atom stereocenters. The summed E-state index contributed by atoms with van der Waals surface area (Å²) in [7, 11) is 0. The van der Waals surface area contributed by atoms with Gasteiger partial charge in [0.2, 0.25) is 0 Å². The molecule has 1 amide bonds. The van der Waals surface area contributed by atoms with Crippen molar-refractivity contribution < 1.29 is 9.53 Å². The Bertz CT molecular complexity index is 406. The van der Waals surface area contributed by atoms with Crippen molar-refractivity contribution in [3.05, 3.63) is 42.0 Å². The summed E-state index contributed by atoms with van der Waals surface area (Å²) >= 11 is 0. The van der Waals surface area contributed by atoms with Crippen LogP contribution in [0.25, 0.3) is 0 Å². The van der Waals surface area contributed by atoms with Crippen LogP contribution >= 0.6 is 0 Å². The van der Waals surface area contributed by atoms with E-state index in [0.717, 1.165) is 16.9 Å². The molecule has 0 saturated heterocycles. The molecule has 1 N–H and O–H groups in total. The zero-order valence-electron chi connectivity index (χ0n) is 11.3. The molecule has 18 heavy (non-hydrogen) atoms. The van der Waals surface area contributed by atoms with E-state index in [1.807, 2.05) is 32.9 Å². The second-order valence-electron chi connectivity index (χ2n) is 4.37. The summed E-state index contributed by atoms with van der Waals surface area (Å²) in [6.45, 7) is 9.99. The maximum Gasteiger partial charge on any atom is 0.261 e. The van der Waals surface area contributed by atoms with Crippen LogP contribution in [0.2, 0.25) is 0 Å². The average molecular weight is 247 g/mol. The van der Waals surface area contributed by atoms with Crippen molar-refractivity contribution in [3.8, 4) is 5.75 Å². The van der Waals surface area contributed by atoms with E-state index in [1.54, 1.807) is 6.08 Å². The first kappa shape index (κ1) is 14.3. The van der Waals surface area contributed by atoms with Crippen LogP contribution in [0.15, 0.2) is 30.9 Å². The smallest absolute Gasteiger partial charge is 0.261 e. The van der Waals surface area contributed by atoms with Gasteiger partial charge in [-0.05, 0) is 43.5 Å². The van der Waals surface area contributed by atoms with Gasteiger partial charge in [-0.3, -0.25) is 4.79 Å². The fraction of sp³-hybridized carbons (Fsp3) is 0.400. The van der Waals surface area contributed by atoms with Crippen LogP contribution in [0.4, 0.5) is 0 Å². The quantitative estimate of drug-likeness (QED) is 0.785. The molecule has 1 unspecified atom stereocenters. The molecule has 98 valence electrons. The molecular formula is C15H21NO2. The lowest BCUT2D eigenvalue weighted by Crippen LogP contribution is -2.38. The van der Waals surface area contributed by atoms with Crippen LogP contribution < -0.4 is 10.1 Å². The molecule has 3 nitrogen and oxygen atoms in total. The summed E-state index contributed by atoms with van der Waals surface area (Å²) < 4.78 is 5.74. The van der Waals surface area contributed by atoms with Crippen LogP contribution in [0.5, 0.6) is 5.75 Å². The molecule has 1 aromatic carbocycles. The second kappa shape index (κ2) is 6.84. The van der Waals surface area contributed by atoms with E-state index >= 15 is 0 Å². The van der Waals surface area contributed by atoms with Gasteiger partial charge in [0, 0.05) is 6.54 Å². The van der Waals surface area contributed by atoms with Gasteiger partial charge < -0.3 is 10.1 Å². The molecule has 0 aliphatic heterocycles. The Morgan fingerprint density at radius 3 is 2.50 bits per heavy atom. The lowest BCUT2D eigenvalue weighted by molar-refractivity contribution is -0.127. The predicted molar refractivity (Wildman–Crippen MR) is 73.8 cm³/mol. The maximum absolute atomic E-state index is 11.8. The van der Waals surface area contributed by atoms with E-state index < -0.39 is 6.10 Å². The minimum atomic E-state index is -0.453. The fourth-order valence-corrected chi connectivity index (χ4v) is 1.77. The molecule has 3 heteroatoms. The van der Waals surface area contributed by atoms with Crippen LogP contribution in [0.3, 0.4) is 0 Å². The van der Waals surface area contributed by atoms with Gasteiger partial charge in [-0.1, -0.05) is 19.1 Å². The molecule has 0 spiro atoms. The number of carbonyl (C=O) groups excluding carboxylic acids is 1. The maximum atomic E-state index is 11.8. The number of amides is 1. The first-order chi connectivity index (χ1) is 8.56. The first-order valence-electron chi connectivity index (χ1n) is 6.20. The van der Waals surface area contributed by atoms with Crippen LogP contribution in [-0.2, 0) is 4.79 Å². The van der Waals surface area contributed by atoms with Crippen molar-refractivity contribution in [2.75, 3.05) is 6.54 Å². The van der Waals surface area contributed by atoms with Crippen molar-refractivity contribution in [2.24, 2.45) is 0 Å². The molecule has 0 aliphatic carbocycles. The van der Waals surface area contributed by atoms with Crippen molar-refractivity contribution in [2.45, 2.75) is 33.3 Å². The van der Waals surface area contributed by atoms with E-state index in [2.05, 4.69) is 18.0 Å². The highest BCUT2D eigenvalue weighted by Gasteiger charge is 2.17. The molecule has 0 aliphatic rings. The standard InChI is InChI=1S/C15H21NO2/c1-5-7-16-15(17)14(6-2)18-13-9-11(3)8-12(4)10-13/h5,8-10,14H,1,6-7H2,2-4H3,(H,16,17). The summed E-state index contributed by atoms with van der Waals surface area (Å²) in [6.07, 6.45) is 1.84. The Labute approximate surface area is 109 Å². The van der Waals surface area contributed by atoms with Crippen molar-refractivity contribution in [1.29, 1.82) is 0 Å². The van der Waals surface area contributed by atoms with Crippen molar-refractivity contribution in [1.82, 2.24) is 5.32 Å². The van der Waals surface area contributed by atoms with E-state index in [4.69, 9.17) is 4.74 Å². The van der Waals surface area contributed by atoms with E-state index in [0.29, 0.717) is 13.0 Å². The van der Waals surface area contributed by atoms with Crippen molar-refractivity contribution >= 4 is 5.91 Å². The average Bonchev–Trinajstić information content (AvgIpc) is 2.31. The number of ether oxygens (including phenoxy) is 1. The minimum absolute atomic E-state index is 0.100. The third kappa shape index (κ3) is 4.24. The van der Waals surface area contributed by atoms with Crippen LogP contribution in [0.1, 0.15) is 24.5 Å². The topological polar surface area (TPSA) is 38.3 Å². The molecule has 0 radical (unpaired) electrons. The summed E-state index contributed by atoms with van der Waals surface area (Å²) in [5.41, 5.74) is 2.26. The molecule has 1 aromatic rings. The molecule has 0 heterocycles. The van der Waals surface area contributed by atoms with Gasteiger partial charge in [0.1, 0.15) is 5.75 Å². The number of rotatable bonds is 6. The molecule has 0 saturated carbocycles. The number of hydrogen-bond donors (Lipinski definition) is 1. The van der Waals surface area contributed by atoms with Crippen LogP contribution in [0, 0.1) is 13.8 Å². The van der Waals surface area contributed by atoms with Gasteiger partial charge in [0.25, 0.3) is 5.91 Å². The van der Waals surface area contributed by atoms with Gasteiger partial charge >= 0.3 is 0 Å². The predicted octanol–water partition coefficient (Wildman–Crippen LogP) is 2.76. The third-order valence-electron chi connectivity index (χ3n) is 2.56. The first-order valence-corrected chi connectivity index (χ1v) is 6.20. The summed E-state index contributed by atoms with van der Waals surface area (Å²) in [5, 5.41) is 2.75. The minimum Gasteiger partial charge on any atom is -0.481 e. The van der Waals surface area contributed by atoms with Crippen molar-refractivity contribution in [3.63, 3.8) is 0 Å². The van der Waals surface area contributed by atoms with Gasteiger partial charge in [-0.25, -0.2) is 0 Å².